The fourth-order valence-corrected chi connectivity index (χ4v) is 4.19. The van der Waals surface area contributed by atoms with E-state index in [0.29, 0.717) is 29.2 Å². The highest BCUT2D eigenvalue weighted by molar-refractivity contribution is 6.50. The lowest BCUT2D eigenvalue weighted by molar-refractivity contribution is -0.144. The maximum Gasteiger partial charge on any atom is 0.269 e. The van der Waals surface area contributed by atoms with Gasteiger partial charge >= 0.3 is 0 Å². The summed E-state index contributed by atoms with van der Waals surface area (Å²) in [7, 11) is 1.48. The van der Waals surface area contributed by atoms with E-state index in [9.17, 15) is 15.0 Å². The van der Waals surface area contributed by atoms with E-state index in [-0.39, 0.29) is 15.8 Å². The lowest BCUT2D eigenvalue weighted by Gasteiger charge is -2.34. The molecule has 0 bridgehead atoms. The third-order valence-electron chi connectivity index (χ3n) is 5.51. The van der Waals surface area contributed by atoms with Crippen LogP contribution in [-0.2, 0) is 11.2 Å². The number of amides is 1. The largest absolute Gasteiger partial charge is 0.508 e. The Kier molecular flexibility index (Phi) is 5.17. The molecule has 0 saturated heterocycles. The molecule has 0 radical (unpaired) electrons. The van der Waals surface area contributed by atoms with Crippen LogP contribution in [-0.4, -0.2) is 33.8 Å². The monoisotopic (exact) mass is 399 g/mol. The highest BCUT2D eigenvalue weighted by Crippen LogP contribution is 2.56. The van der Waals surface area contributed by atoms with Gasteiger partial charge in [-0.3, -0.25) is 9.69 Å². The van der Waals surface area contributed by atoms with Gasteiger partial charge in [0.25, 0.3) is 11.6 Å². The number of fused-ring (bicyclic) bond motifs is 1. The predicted molar refractivity (Wildman–Crippen MR) is 100 cm³/mol. The van der Waals surface area contributed by atoms with Crippen LogP contribution >= 0.6 is 23.2 Å². The van der Waals surface area contributed by atoms with Gasteiger partial charge in [0.2, 0.25) is 0 Å². The number of aromatic hydroxyl groups is 1. The summed E-state index contributed by atoms with van der Waals surface area (Å²) in [6, 6.07) is 3.13. The van der Waals surface area contributed by atoms with Crippen LogP contribution < -0.4 is 4.74 Å². The number of aliphatic hydroxyl groups excluding tert-OH is 1. The first-order valence-electron chi connectivity index (χ1n) is 8.81. The van der Waals surface area contributed by atoms with E-state index in [0.717, 1.165) is 19.3 Å². The summed E-state index contributed by atoms with van der Waals surface area (Å²) in [6.45, 7) is 4.34. The summed E-state index contributed by atoms with van der Waals surface area (Å²) < 4.78 is 6.05. The summed E-state index contributed by atoms with van der Waals surface area (Å²) in [6.07, 6.45) is 2.42. The quantitative estimate of drug-likeness (QED) is 0.783. The third kappa shape index (κ3) is 2.68. The van der Waals surface area contributed by atoms with Crippen molar-refractivity contribution < 1.29 is 19.7 Å². The van der Waals surface area contributed by atoms with E-state index in [2.05, 4.69) is 13.8 Å². The first-order valence-corrected chi connectivity index (χ1v) is 9.57. The van der Waals surface area contributed by atoms with E-state index in [1.165, 1.54) is 11.9 Å². The molecule has 26 heavy (non-hydrogen) atoms. The molecular formula is C19H23Cl2NO4. The minimum Gasteiger partial charge on any atom is -0.508 e. The van der Waals surface area contributed by atoms with Crippen LogP contribution in [0.2, 0.25) is 0 Å². The molecule has 0 fully saturated rings. The van der Waals surface area contributed by atoms with E-state index in [1.807, 2.05) is 0 Å². The molecule has 2 N–H and O–H groups in total. The number of halogens is 2. The summed E-state index contributed by atoms with van der Waals surface area (Å²) in [4.78, 5) is 13.4. The van der Waals surface area contributed by atoms with Crippen molar-refractivity contribution in [1.29, 1.82) is 0 Å². The molecule has 3 atom stereocenters. The average molecular weight is 400 g/mol. The van der Waals surface area contributed by atoms with Gasteiger partial charge in [0.15, 0.2) is 0 Å². The summed E-state index contributed by atoms with van der Waals surface area (Å²) in [5.41, 5.74) is -0.460. The van der Waals surface area contributed by atoms with Crippen molar-refractivity contribution in [2.24, 2.45) is 5.92 Å². The fraction of sp³-hybridized carbons (Fsp3) is 0.526. The second kappa shape index (κ2) is 6.95. The minimum atomic E-state index is -1.57. The van der Waals surface area contributed by atoms with E-state index in [4.69, 9.17) is 27.9 Å². The molecule has 3 rings (SSSR count). The molecule has 1 aromatic carbocycles. The highest BCUT2D eigenvalue weighted by Gasteiger charge is 2.61. The number of likely N-dealkylation sites (N-methyl/N-ethyl adjacent to an activating group) is 1. The van der Waals surface area contributed by atoms with Crippen molar-refractivity contribution >= 4 is 29.1 Å². The number of rotatable bonds is 5. The number of benzene rings is 1. The van der Waals surface area contributed by atoms with E-state index < -0.39 is 17.7 Å². The second-order valence-corrected chi connectivity index (χ2v) is 7.84. The Balaban J connectivity index is 1.97. The first-order chi connectivity index (χ1) is 12.3. The molecule has 0 unspecified atom stereocenters. The number of carbonyl (C=O) groups is 1. The second-order valence-electron chi connectivity index (χ2n) is 7.08. The predicted octanol–water partition coefficient (Wildman–Crippen LogP) is 4.04. The number of hydrogen-bond acceptors (Lipinski definition) is 4. The summed E-state index contributed by atoms with van der Waals surface area (Å²) in [5, 5.41) is 21.0. The zero-order chi connectivity index (χ0) is 19.2. The van der Waals surface area contributed by atoms with Crippen molar-refractivity contribution in [3.8, 4) is 11.5 Å². The number of nitrogens with zero attached hydrogens (tertiary/aromatic N) is 1. The van der Waals surface area contributed by atoms with Crippen molar-refractivity contribution in [1.82, 2.24) is 4.90 Å². The lowest BCUT2D eigenvalue weighted by atomic mass is 9.95. The highest BCUT2D eigenvalue weighted by atomic mass is 35.5. The first kappa shape index (κ1) is 19.3. The molecule has 5 nitrogen and oxygen atoms in total. The summed E-state index contributed by atoms with van der Waals surface area (Å²) >= 11 is 12.3. The SMILES string of the molecule is CC[C@H](C)CCCc1c(O)ccc2c1O[C@@]1(C(Cl)=C(Cl)C(=O)N1C)[C@H]2O. The van der Waals surface area contributed by atoms with Crippen LogP contribution in [0.4, 0.5) is 0 Å². The van der Waals surface area contributed by atoms with Gasteiger partial charge < -0.3 is 14.9 Å². The van der Waals surface area contributed by atoms with Crippen LogP contribution in [0.1, 0.15) is 50.3 Å². The molecule has 142 valence electrons. The zero-order valence-corrected chi connectivity index (χ0v) is 16.6. The number of phenolic OH excluding ortho intramolecular Hbond substituents is 1. The van der Waals surface area contributed by atoms with Crippen LogP contribution in [0.3, 0.4) is 0 Å². The maximum absolute atomic E-state index is 12.2. The van der Waals surface area contributed by atoms with Crippen molar-refractivity contribution in [3.05, 3.63) is 33.3 Å². The Morgan fingerprint density at radius 1 is 1.38 bits per heavy atom. The molecule has 0 aliphatic carbocycles. The van der Waals surface area contributed by atoms with E-state index >= 15 is 0 Å². The van der Waals surface area contributed by atoms with Gasteiger partial charge in [-0.05, 0) is 30.9 Å². The Hall–Kier alpha value is -1.43. The van der Waals surface area contributed by atoms with Crippen LogP contribution in [0, 0.1) is 5.92 Å². The average Bonchev–Trinajstić information content (AvgIpc) is 3.01. The van der Waals surface area contributed by atoms with Gasteiger partial charge in [0, 0.05) is 18.2 Å². The maximum atomic E-state index is 12.2. The van der Waals surface area contributed by atoms with Gasteiger partial charge in [-0.1, -0.05) is 49.9 Å². The summed E-state index contributed by atoms with van der Waals surface area (Å²) in [5.74, 6) is 0.578. The molecule has 2 heterocycles. The number of carbonyl (C=O) groups excluding carboxylic acids is 1. The van der Waals surface area contributed by atoms with Crippen molar-refractivity contribution in [2.45, 2.75) is 51.4 Å². The molecule has 1 amide bonds. The normalized spacial score (nSPS) is 25.8. The van der Waals surface area contributed by atoms with Crippen LogP contribution in [0.5, 0.6) is 11.5 Å². The molecule has 2 aliphatic rings. The standard InChI is InChI=1S/C19H23Cl2NO4/c1-4-10(2)6-5-7-11-13(23)9-8-12-15(11)26-19(17(12)24)16(21)14(20)18(25)22(19)3/h8-10,17,23-24H,4-7H2,1-3H3/t10-,17-,19-/m0/s1. The smallest absolute Gasteiger partial charge is 0.269 e. The molecule has 7 heteroatoms. The Bertz CT molecular complexity index is 779. The Morgan fingerprint density at radius 2 is 2.08 bits per heavy atom. The molecule has 0 saturated carbocycles. The Morgan fingerprint density at radius 3 is 2.65 bits per heavy atom. The minimum absolute atomic E-state index is 0.0413. The molecule has 2 aliphatic heterocycles. The Labute approximate surface area is 163 Å². The van der Waals surface area contributed by atoms with Crippen LogP contribution in [0.25, 0.3) is 0 Å². The van der Waals surface area contributed by atoms with Gasteiger partial charge in [-0.25, -0.2) is 0 Å². The van der Waals surface area contributed by atoms with Gasteiger partial charge in [0.1, 0.15) is 27.7 Å². The van der Waals surface area contributed by atoms with Crippen LogP contribution in [0.15, 0.2) is 22.2 Å². The lowest BCUT2D eigenvalue weighted by Crippen LogP contribution is -2.51. The number of phenols is 1. The molecule has 1 aromatic rings. The molecule has 0 aromatic heterocycles. The van der Waals surface area contributed by atoms with E-state index in [1.54, 1.807) is 12.1 Å². The third-order valence-corrected chi connectivity index (χ3v) is 6.41. The van der Waals surface area contributed by atoms with Crippen molar-refractivity contribution in [3.63, 3.8) is 0 Å². The topological polar surface area (TPSA) is 70.0 Å². The number of aliphatic hydroxyl groups is 1. The molecule has 1 spiro atoms. The van der Waals surface area contributed by atoms with Gasteiger partial charge in [0.05, 0.1) is 0 Å². The number of hydrogen-bond donors (Lipinski definition) is 2. The number of ether oxygens (including phenoxy) is 1. The van der Waals surface area contributed by atoms with Crippen molar-refractivity contribution in [2.75, 3.05) is 7.05 Å². The molecular weight excluding hydrogens is 377 g/mol. The van der Waals surface area contributed by atoms with Gasteiger partial charge in [-0.2, -0.15) is 0 Å². The van der Waals surface area contributed by atoms with Gasteiger partial charge in [-0.15, -0.1) is 0 Å². The zero-order valence-electron chi connectivity index (χ0n) is 15.1. The fourth-order valence-electron chi connectivity index (χ4n) is 3.58.